The Morgan fingerprint density at radius 3 is 3.13 bits per heavy atom. The summed E-state index contributed by atoms with van der Waals surface area (Å²) in [6.07, 6.45) is 5.61. The maximum Gasteiger partial charge on any atom is 0.0963 e. The van der Waals surface area contributed by atoms with E-state index in [1.807, 2.05) is 6.07 Å². The molecule has 1 aromatic heterocycles. The molecule has 0 aliphatic carbocycles. The molecule has 1 N–H and O–H groups in total. The van der Waals surface area contributed by atoms with Gasteiger partial charge in [-0.2, -0.15) is 0 Å². The van der Waals surface area contributed by atoms with E-state index in [-0.39, 0.29) is 5.60 Å². The summed E-state index contributed by atoms with van der Waals surface area (Å²) >= 11 is 0. The number of nitrogens with one attached hydrogen (secondary N) is 1. The van der Waals surface area contributed by atoms with E-state index in [4.69, 9.17) is 9.15 Å². The highest BCUT2D eigenvalue weighted by atomic mass is 16.5. The molecule has 1 fully saturated rings. The average Bonchev–Trinajstić information content (AvgIpc) is 2.71. The van der Waals surface area contributed by atoms with Crippen molar-refractivity contribution in [2.45, 2.75) is 38.3 Å². The molecule has 15 heavy (non-hydrogen) atoms. The molecule has 2 heterocycles. The van der Waals surface area contributed by atoms with E-state index in [2.05, 4.69) is 19.2 Å². The van der Waals surface area contributed by atoms with Gasteiger partial charge in [-0.1, -0.05) is 6.92 Å². The van der Waals surface area contributed by atoms with Crippen molar-refractivity contribution in [3.8, 4) is 0 Å². The summed E-state index contributed by atoms with van der Waals surface area (Å²) in [5, 5.41) is 3.49. The topological polar surface area (TPSA) is 34.4 Å². The van der Waals surface area contributed by atoms with Crippen LogP contribution in [0.15, 0.2) is 23.0 Å². The number of furan rings is 1. The third-order valence-electron chi connectivity index (χ3n) is 3.15. The van der Waals surface area contributed by atoms with Crippen molar-refractivity contribution < 1.29 is 9.15 Å². The van der Waals surface area contributed by atoms with E-state index in [1.54, 1.807) is 12.5 Å². The van der Waals surface area contributed by atoms with Crippen LogP contribution in [0.3, 0.4) is 0 Å². The van der Waals surface area contributed by atoms with Crippen LogP contribution in [0.5, 0.6) is 0 Å². The Balaban J connectivity index is 2.08. The van der Waals surface area contributed by atoms with Crippen molar-refractivity contribution >= 4 is 0 Å². The Kier molecular flexibility index (Phi) is 3.12. The molecule has 3 nitrogen and oxygen atoms in total. The van der Waals surface area contributed by atoms with Crippen LogP contribution in [0.1, 0.15) is 32.3 Å². The minimum Gasteiger partial charge on any atom is -0.472 e. The number of hydrogen-bond acceptors (Lipinski definition) is 3. The summed E-state index contributed by atoms with van der Waals surface area (Å²) < 4.78 is 11.0. The predicted molar refractivity (Wildman–Crippen MR) is 58.7 cm³/mol. The van der Waals surface area contributed by atoms with Gasteiger partial charge < -0.3 is 14.5 Å². The first-order valence-electron chi connectivity index (χ1n) is 5.64. The fourth-order valence-corrected chi connectivity index (χ4v) is 2.29. The van der Waals surface area contributed by atoms with Crippen molar-refractivity contribution in [2.24, 2.45) is 0 Å². The summed E-state index contributed by atoms with van der Waals surface area (Å²) in [4.78, 5) is 0. The maximum absolute atomic E-state index is 5.89. The van der Waals surface area contributed by atoms with Gasteiger partial charge in [0, 0.05) is 18.2 Å². The minimum absolute atomic E-state index is 0.182. The van der Waals surface area contributed by atoms with Gasteiger partial charge in [0.25, 0.3) is 0 Å². The van der Waals surface area contributed by atoms with E-state index < -0.39 is 0 Å². The quantitative estimate of drug-likeness (QED) is 0.829. The largest absolute Gasteiger partial charge is 0.472 e. The fourth-order valence-electron chi connectivity index (χ4n) is 2.29. The molecule has 0 radical (unpaired) electrons. The van der Waals surface area contributed by atoms with Gasteiger partial charge in [0.1, 0.15) is 0 Å². The smallest absolute Gasteiger partial charge is 0.0963 e. The highest BCUT2D eigenvalue weighted by Crippen LogP contribution is 2.34. The molecule has 84 valence electrons. The zero-order valence-electron chi connectivity index (χ0n) is 9.45. The van der Waals surface area contributed by atoms with Gasteiger partial charge in [-0.25, -0.2) is 0 Å². The molecule has 2 atom stereocenters. The molecule has 0 aromatic carbocycles. The summed E-state index contributed by atoms with van der Waals surface area (Å²) in [6, 6.07) is 2.55. The Bertz CT molecular complexity index is 295. The molecule has 3 heteroatoms. The standard InChI is InChI=1S/C12H19NO2/c1-3-13-11-5-7-15-12(2,8-11)10-4-6-14-9-10/h4,6,9,11,13H,3,5,7-8H2,1-2H3. The van der Waals surface area contributed by atoms with E-state index in [0.717, 1.165) is 31.6 Å². The summed E-state index contributed by atoms with van der Waals surface area (Å²) in [5.41, 5.74) is 0.961. The van der Waals surface area contributed by atoms with E-state index in [9.17, 15) is 0 Å². The van der Waals surface area contributed by atoms with Crippen molar-refractivity contribution in [2.75, 3.05) is 13.2 Å². The number of rotatable bonds is 3. The number of hydrogen-bond donors (Lipinski definition) is 1. The van der Waals surface area contributed by atoms with Gasteiger partial charge in [0.15, 0.2) is 0 Å². The van der Waals surface area contributed by atoms with Crippen molar-refractivity contribution in [1.29, 1.82) is 0 Å². The van der Waals surface area contributed by atoms with E-state index >= 15 is 0 Å². The van der Waals surface area contributed by atoms with Crippen LogP contribution in [-0.2, 0) is 10.3 Å². The fraction of sp³-hybridized carbons (Fsp3) is 0.667. The summed E-state index contributed by atoms with van der Waals surface area (Å²) in [5.74, 6) is 0. The van der Waals surface area contributed by atoms with Crippen LogP contribution < -0.4 is 5.32 Å². The van der Waals surface area contributed by atoms with Crippen LogP contribution in [0, 0.1) is 0 Å². The second-order valence-electron chi connectivity index (χ2n) is 4.34. The molecular weight excluding hydrogens is 190 g/mol. The van der Waals surface area contributed by atoms with Gasteiger partial charge >= 0.3 is 0 Å². The minimum atomic E-state index is -0.182. The van der Waals surface area contributed by atoms with E-state index in [0.29, 0.717) is 6.04 Å². The molecule has 1 aliphatic heterocycles. The first-order valence-corrected chi connectivity index (χ1v) is 5.64. The lowest BCUT2D eigenvalue weighted by Gasteiger charge is -2.38. The zero-order chi connectivity index (χ0) is 10.7. The molecule has 0 bridgehead atoms. The van der Waals surface area contributed by atoms with Crippen LogP contribution >= 0.6 is 0 Å². The maximum atomic E-state index is 5.89. The van der Waals surface area contributed by atoms with Gasteiger partial charge in [-0.3, -0.25) is 0 Å². The van der Waals surface area contributed by atoms with Crippen molar-refractivity contribution in [3.05, 3.63) is 24.2 Å². The molecule has 0 spiro atoms. The lowest BCUT2D eigenvalue weighted by molar-refractivity contribution is -0.0813. The zero-order valence-corrected chi connectivity index (χ0v) is 9.45. The van der Waals surface area contributed by atoms with Crippen LogP contribution in [0.4, 0.5) is 0 Å². The molecular formula is C12H19NO2. The molecule has 2 unspecified atom stereocenters. The number of ether oxygens (including phenoxy) is 1. The van der Waals surface area contributed by atoms with Crippen LogP contribution in [0.25, 0.3) is 0 Å². The van der Waals surface area contributed by atoms with Gasteiger partial charge in [-0.05, 0) is 32.4 Å². The van der Waals surface area contributed by atoms with Crippen LogP contribution in [-0.4, -0.2) is 19.2 Å². The van der Waals surface area contributed by atoms with Gasteiger partial charge in [-0.15, -0.1) is 0 Å². The Morgan fingerprint density at radius 2 is 2.47 bits per heavy atom. The van der Waals surface area contributed by atoms with Crippen molar-refractivity contribution in [1.82, 2.24) is 5.32 Å². The first kappa shape index (κ1) is 10.7. The first-order chi connectivity index (χ1) is 7.24. The average molecular weight is 209 g/mol. The van der Waals surface area contributed by atoms with Gasteiger partial charge in [0.2, 0.25) is 0 Å². The molecule has 0 saturated carbocycles. The second kappa shape index (κ2) is 4.37. The highest BCUT2D eigenvalue weighted by molar-refractivity contribution is 5.16. The monoisotopic (exact) mass is 209 g/mol. The summed E-state index contributed by atoms with van der Waals surface area (Å²) in [6.45, 7) is 6.12. The Morgan fingerprint density at radius 1 is 1.60 bits per heavy atom. The lowest BCUT2D eigenvalue weighted by Crippen LogP contribution is -2.43. The van der Waals surface area contributed by atoms with E-state index in [1.165, 1.54) is 0 Å². The highest BCUT2D eigenvalue weighted by Gasteiger charge is 2.35. The van der Waals surface area contributed by atoms with Crippen molar-refractivity contribution in [3.63, 3.8) is 0 Å². The molecule has 2 rings (SSSR count). The second-order valence-corrected chi connectivity index (χ2v) is 4.34. The SMILES string of the molecule is CCNC1CCOC(C)(c2ccoc2)C1. The Labute approximate surface area is 90.8 Å². The normalized spacial score (nSPS) is 31.7. The summed E-state index contributed by atoms with van der Waals surface area (Å²) in [7, 11) is 0. The third kappa shape index (κ3) is 2.24. The van der Waals surface area contributed by atoms with Crippen LogP contribution in [0.2, 0.25) is 0 Å². The molecule has 1 saturated heterocycles. The third-order valence-corrected chi connectivity index (χ3v) is 3.15. The Hall–Kier alpha value is -0.800. The predicted octanol–water partition coefficient (Wildman–Crippen LogP) is 2.28. The molecule has 0 amide bonds. The molecule has 1 aliphatic rings. The van der Waals surface area contributed by atoms with Gasteiger partial charge in [0.05, 0.1) is 18.1 Å². The lowest BCUT2D eigenvalue weighted by atomic mass is 9.87. The molecule has 1 aromatic rings.